The topological polar surface area (TPSA) is 75.2 Å². The molecule has 0 heterocycles. The number of ether oxygens (including phenoxy) is 2. The third kappa shape index (κ3) is 13.5. The average Bonchev–Trinajstić information content (AvgIpc) is 2.73. The molecular formula is C21H37IN4O3. The van der Waals surface area contributed by atoms with Crippen LogP contribution in [0.25, 0.3) is 0 Å². The van der Waals surface area contributed by atoms with Crippen LogP contribution in [0.1, 0.15) is 32.3 Å². The van der Waals surface area contributed by atoms with Gasteiger partial charge in [-0.1, -0.05) is 43.7 Å². The minimum absolute atomic E-state index is 0. The van der Waals surface area contributed by atoms with E-state index in [1.807, 2.05) is 42.2 Å². The van der Waals surface area contributed by atoms with Crippen LogP contribution < -0.4 is 10.6 Å². The number of nitrogens with one attached hydrogen (secondary N) is 2. The fraction of sp³-hybridized carbons (Fsp3) is 0.619. The van der Waals surface area contributed by atoms with Gasteiger partial charge in [-0.15, -0.1) is 24.0 Å². The summed E-state index contributed by atoms with van der Waals surface area (Å²) in [5.41, 5.74) is 1.12. The SMILES string of the molecule is CCCCOCCOCCNC(=NC)NCC(=O)N(CC)Cc1ccccc1.I. The molecule has 0 bridgehead atoms. The summed E-state index contributed by atoms with van der Waals surface area (Å²) < 4.78 is 11.0. The molecule has 0 fully saturated rings. The minimum atomic E-state index is 0. The summed E-state index contributed by atoms with van der Waals surface area (Å²) in [6.45, 7) is 8.77. The van der Waals surface area contributed by atoms with E-state index in [1.165, 1.54) is 0 Å². The molecule has 1 amide bonds. The van der Waals surface area contributed by atoms with Crippen molar-refractivity contribution in [1.82, 2.24) is 15.5 Å². The molecule has 7 nitrogen and oxygen atoms in total. The molecule has 0 aliphatic heterocycles. The molecule has 0 spiro atoms. The van der Waals surface area contributed by atoms with Gasteiger partial charge >= 0.3 is 0 Å². The van der Waals surface area contributed by atoms with Gasteiger partial charge in [0.05, 0.1) is 26.4 Å². The second-order valence-corrected chi connectivity index (χ2v) is 6.32. The lowest BCUT2D eigenvalue weighted by molar-refractivity contribution is -0.130. The molecule has 1 rings (SSSR count). The van der Waals surface area contributed by atoms with E-state index in [0.717, 1.165) is 25.0 Å². The lowest BCUT2D eigenvalue weighted by Gasteiger charge is -2.22. The molecule has 1 aromatic carbocycles. The fourth-order valence-electron chi connectivity index (χ4n) is 2.48. The normalized spacial score (nSPS) is 10.9. The van der Waals surface area contributed by atoms with E-state index in [0.29, 0.717) is 45.4 Å². The zero-order valence-corrected chi connectivity index (χ0v) is 20.3. The number of carbonyl (C=O) groups is 1. The van der Waals surface area contributed by atoms with E-state index in [-0.39, 0.29) is 36.4 Å². The summed E-state index contributed by atoms with van der Waals surface area (Å²) in [7, 11) is 1.68. The molecule has 0 aliphatic carbocycles. The Balaban J connectivity index is 0.00000784. The average molecular weight is 520 g/mol. The zero-order valence-electron chi connectivity index (χ0n) is 18.0. The van der Waals surface area contributed by atoms with Crippen LogP contribution in [0.5, 0.6) is 0 Å². The maximum Gasteiger partial charge on any atom is 0.242 e. The maximum absolute atomic E-state index is 12.5. The quantitative estimate of drug-likeness (QED) is 0.171. The largest absolute Gasteiger partial charge is 0.379 e. The first-order valence-electron chi connectivity index (χ1n) is 10.1. The second-order valence-electron chi connectivity index (χ2n) is 6.32. The Kier molecular flexibility index (Phi) is 17.7. The highest BCUT2D eigenvalue weighted by Crippen LogP contribution is 2.04. The van der Waals surface area contributed by atoms with Crippen molar-refractivity contribution in [1.29, 1.82) is 0 Å². The number of likely N-dealkylation sites (N-methyl/N-ethyl adjacent to an activating group) is 1. The number of amides is 1. The molecule has 29 heavy (non-hydrogen) atoms. The first kappa shape index (κ1) is 27.6. The van der Waals surface area contributed by atoms with Crippen molar-refractivity contribution in [2.24, 2.45) is 4.99 Å². The number of hydrogen-bond acceptors (Lipinski definition) is 4. The number of rotatable bonds is 14. The van der Waals surface area contributed by atoms with Crippen LogP contribution in [-0.2, 0) is 20.8 Å². The summed E-state index contributed by atoms with van der Waals surface area (Å²) in [5, 5.41) is 6.21. The van der Waals surface area contributed by atoms with Crippen molar-refractivity contribution < 1.29 is 14.3 Å². The van der Waals surface area contributed by atoms with Gasteiger partial charge in [0.1, 0.15) is 0 Å². The molecule has 0 radical (unpaired) electrons. The highest BCUT2D eigenvalue weighted by Gasteiger charge is 2.12. The number of benzene rings is 1. The second kappa shape index (κ2) is 18.6. The standard InChI is InChI=1S/C21H36N4O3.HI/c1-4-6-13-27-15-16-28-14-12-23-21(22-3)24-17-20(26)25(5-2)18-19-10-8-7-9-11-19;/h7-11H,4-6,12-18H2,1-3H3,(H2,22,23,24);1H. The lowest BCUT2D eigenvalue weighted by atomic mass is 10.2. The molecular weight excluding hydrogens is 483 g/mol. The number of guanidine groups is 1. The Morgan fingerprint density at radius 2 is 1.72 bits per heavy atom. The number of unbranched alkanes of at least 4 members (excludes halogenated alkanes) is 1. The van der Waals surface area contributed by atoms with Crippen LogP contribution in [0.15, 0.2) is 35.3 Å². The van der Waals surface area contributed by atoms with Crippen molar-refractivity contribution in [3.8, 4) is 0 Å². The van der Waals surface area contributed by atoms with Gasteiger partial charge in [0, 0.05) is 33.3 Å². The molecule has 0 aromatic heterocycles. The summed E-state index contributed by atoms with van der Waals surface area (Å²) in [5.74, 6) is 0.627. The molecule has 1 aromatic rings. The fourth-order valence-corrected chi connectivity index (χ4v) is 2.48. The van der Waals surface area contributed by atoms with E-state index in [2.05, 4.69) is 22.5 Å². The van der Waals surface area contributed by atoms with E-state index in [4.69, 9.17) is 9.47 Å². The van der Waals surface area contributed by atoms with Gasteiger partial charge < -0.3 is 25.0 Å². The molecule has 0 unspecified atom stereocenters. The molecule has 2 N–H and O–H groups in total. The third-order valence-corrected chi connectivity index (χ3v) is 4.13. The number of halogens is 1. The first-order valence-corrected chi connectivity index (χ1v) is 10.1. The number of carbonyl (C=O) groups excluding carboxylic acids is 1. The Labute approximate surface area is 192 Å². The maximum atomic E-state index is 12.5. The van der Waals surface area contributed by atoms with Gasteiger partial charge in [-0.25, -0.2) is 0 Å². The Morgan fingerprint density at radius 3 is 2.34 bits per heavy atom. The Hall–Kier alpha value is -1.39. The van der Waals surface area contributed by atoms with Crippen LogP contribution in [0.3, 0.4) is 0 Å². The zero-order chi connectivity index (χ0) is 20.5. The third-order valence-electron chi connectivity index (χ3n) is 4.13. The summed E-state index contributed by atoms with van der Waals surface area (Å²) in [6.07, 6.45) is 2.23. The monoisotopic (exact) mass is 520 g/mol. The number of hydrogen-bond donors (Lipinski definition) is 2. The Morgan fingerprint density at radius 1 is 1.03 bits per heavy atom. The number of aliphatic imine (C=N–C) groups is 1. The van der Waals surface area contributed by atoms with Gasteiger partial charge in [0.2, 0.25) is 5.91 Å². The van der Waals surface area contributed by atoms with Crippen molar-refractivity contribution in [2.75, 3.05) is 53.1 Å². The number of nitrogens with zero attached hydrogens (tertiary/aromatic N) is 2. The smallest absolute Gasteiger partial charge is 0.242 e. The first-order chi connectivity index (χ1) is 13.7. The Bertz CT molecular complexity index is 558. The lowest BCUT2D eigenvalue weighted by Crippen LogP contribution is -2.45. The molecule has 0 aliphatic rings. The van der Waals surface area contributed by atoms with Crippen molar-refractivity contribution in [3.05, 3.63) is 35.9 Å². The molecule has 0 atom stereocenters. The van der Waals surface area contributed by atoms with Gasteiger partial charge in [-0.2, -0.15) is 0 Å². The minimum Gasteiger partial charge on any atom is -0.379 e. The summed E-state index contributed by atoms with van der Waals surface area (Å²) in [4.78, 5) is 18.4. The summed E-state index contributed by atoms with van der Waals surface area (Å²) >= 11 is 0. The van der Waals surface area contributed by atoms with Crippen LogP contribution in [0.4, 0.5) is 0 Å². The summed E-state index contributed by atoms with van der Waals surface area (Å²) in [6, 6.07) is 9.99. The van der Waals surface area contributed by atoms with E-state index >= 15 is 0 Å². The van der Waals surface area contributed by atoms with Crippen molar-refractivity contribution in [2.45, 2.75) is 33.2 Å². The van der Waals surface area contributed by atoms with Crippen LogP contribution in [0, 0.1) is 0 Å². The van der Waals surface area contributed by atoms with Crippen LogP contribution >= 0.6 is 24.0 Å². The predicted molar refractivity (Wildman–Crippen MR) is 129 cm³/mol. The highest BCUT2D eigenvalue weighted by molar-refractivity contribution is 14.0. The van der Waals surface area contributed by atoms with E-state index < -0.39 is 0 Å². The molecule has 8 heteroatoms. The molecule has 0 saturated heterocycles. The van der Waals surface area contributed by atoms with E-state index in [1.54, 1.807) is 7.05 Å². The molecule has 166 valence electrons. The highest BCUT2D eigenvalue weighted by atomic mass is 127. The van der Waals surface area contributed by atoms with E-state index in [9.17, 15) is 4.79 Å². The van der Waals surface area contributed by atoms with Gasteiger partial charge in [0.25, 0.3) is 0 Å². The van der Waals surface area contributed by atoms with Crippen molar-refractivity contribution >= 4 is 35.8 Å². The predicted octanol–water partition coefficient (Wildman–Crippen LogP) is 2.65. The van der Waals surface area contributed by atoms with Crippen LogP contribution in [0.2, 0.25) is 0 Å². The van der Waals surface area contributed by atoms with Crippen LogP contribution in [-0.4, -0.2) is 69.9 Å². The van der Waals surface area contributed by atoms with Crippen molar-refractivity contribution in [3.63, 3.8) is 0 Å². The van der Waals surface area contributed by atoms with Gasteiger partial charge in [0.15, 0.2) is 5.96 Å². The van der Waals surface area contributed by atoms with Gasteiger partial charge in [-0.3, -0.25) is 9.79 Å². The van der Waals surface area contributed by atoms with Gasteiger partial charge in [-0.05, 0) is 18.9 Å². The molecule has 0 saturated carbocycles.